The molecule has 1 amide bonds. The van der Waals surface area contributed by atoms with E-state index in [1.54, 1.807) is 16.9 Å². The molecule has 0 atom stereocenters. The van der Waals surface area contributed by atoms with Crippen LogP contribution in [0.3, 0.4) is 0 Å². The zero-order chi connectivity index (χ0) is 18.4. The zero-order valence-electron chi connectivity index (χ0n) is 15.1. The van der Waals surface area contributed by atoms with Crippen LogP contribution < -0.4 is 10.1 Å². The number of ether oxygens (including phenoxy) is 1. The normalized spacial score (nSPS) is 10.5. The standard InChI is InChI=1S/C21H23N3O2/c1-16-8-9-17(2)19(14-16)26-13-11-21(25)23-20-10-12-22-24(20)15-18-6-4-3-5-7-18/h3-10,12,14H,11,13,15H2,1-2H3,(H,23,25). The summed E-state index contributed by atoms with van der Waals surface area (Å²) in [6.07, 6.45) is 1.97. The Labute approximate surface area is 153 Å². The second kappa shape index (κ2) is 8.34. The van der Waals surface area contributed by atoms with E-state index in [4.69, 9.17) is 4.74 Å². The van der Waals surface area contributed by atoms with Gasteiger partial charge in [0.05, 0.1) is 25.8 Å². The van der Waals surface area contributed by atoms with Gasteiger partial charge < -0.3 is 10.1 Å². The highest BCUT2D eigenvalue weighted by Crippen LogP contribution is 2.19. The van der Waals surface area contributed by atoms with E-state index in [-0.39, 0.29) is 12.3 Å². The predicted molar refractivity (Wildman–Crippen MR) is 102 cm³/mol. The Bertz CT molecular complexity index is 872. The molecule has 0 aliphatic rings. The quantitative estimate of drug-likeness (QED) is 0.702. The fraction of sp³-hybridized carbons (Fsp3) is 0.238. The number of anilines is 1. The minimum absolute atomic E-state index is 0.0925. The lowest BCUT2D eigenvalue weighted by molar-refractivity contribution is -0.116. The molecule has 2 aromatic carbocycles. The van der Waals surface area contributed by atoms with Gasteiger partial charge in [-0.1, -0.05) is 42.5 Å². The maximum Gasteiger partial charge on any atom is 0.228 e. The summed E-state index contributed by atoms with van der Waals surface area (Å²) in [6.45, 7) is 4.97. The molecule has 5 nitrogen and oxygen atoms in total. The first-order valence-corrected chi connectivity index (χ1v) is 8.67. The molecule has 5 heteroatoms. The second-order valence-electron chi connectivity index (χ2n) is 6.28. The van der Waals surface area contributed by atoms with Crippen molar-refractivity contribution in [2.24, 2.45) is 0 Å². The Morgan fingerprint density at radius 1 is 1.12 bits per heavy atom. The topological polar surface area (TPSA) is 56.1 Å². The van der Waals surface area contributed by atoms with E-state index >= 15 is 0 Å². The summed E-state index contributed by atoms with van der Waals surface area (Å²) in [6, 6.07) is 17.9. The number of benzene rings is 2. The van der Waals surface area contributed by atoms with E-state index in [1.807, 2.05) is 62.4 Å². The van der Waals surface area contributed by atoms with Crippen LogP contribution in [-0.2, 0) is 11.3 Å². The molecule has 0 unspecified atom stereocenters. The largest absolute Gasteiger partial charge is 0.493 e. The number of hydrogen-bond acceptors (Lipinski definition) is 3. The summed E-state index contributed by atoms with van der Waals surface area (Å²) >= 11 is 0. The van der Waals surface area contributed by atoms with E-state index in [2.05, 4.69) is 10.4 Å². The van der Waals surface area contributed by atoms with Gasteiger partial charge in [-0.3, -0.25) is 4.79 Å². The first-order valence-electron chi connectivity index (χ1n) is 8.67. The molecule has 0 saturated carbocycles. The van der Waals surface area contributed by atoms with Gasteiger partial charge in [0.1, 0.15) is 11.6 Å². The van der Waals surface area contributed by atoms with Crippen LogP contribution in [0.1, 0.15) is 23.1 Å². The molecule has 26 heavy (non-hydrogen) atoms. The number of aryl methyl sites for hydroxylation is 2. The van der Waals surface area contributed by atoms with Gasteiger partial charge in [-0.05, 0) is 36.6 Å². The first kappa shape index (κ1) is 17.7. The minimum atomic E-state index is -0.0925. The third kappa shape index (κ3) is 4.72. The van der Waals surface area contributed by atoms with Gasteiger partial charge in [-0.25, -0.2) is 4.68 Å². The van der Waals surface area contributed by atoms with Crippen molar-refractivity contribution in [3.8, 4) is 5.75 Å². The highest BCUT2D eigenvalue weighted by molar-refractivity contribution is 5.89. The lowest BCUT2D eigenvalue weighted by Crippen LogP contribution is -2.18. The zero-order valence-corrected chi connectivity index (χ0v) is 15.1. The van der Waals surface area contributed by atoms with E-state index < -0.39 is 0 Å². The minimum Gasteiger partial charge on any atom is -0.493 e. The average Bonchev–Trinajstić information content (AvgIpc) is 3.05. The van der Waals surface area contributed by atoms with Crippen molar-refractivity contribution in [1.82, 2.24) is 9.78 Å². The smallest absolute Gasteiger partial charge is 0.228 e. The lowest BCUT2D eigenvalue weighted by Gasteiger charge is -2.11. The summed E-state index contributed by atoms with van der Waals surface area (Å²) in [4.78, 5) is 12.2. The van der Waals surface area contributed by atoms with Crippen LogP contribution in [0.4, 0.5) is 5.82 Å². The Balaban J connectivity index is 1.52. The number of rotatable bonds is 7. The summed E-state index contributed by atoms with van der Waals surface area (Å²) in [7, 11) is 0. The Hall–Kier alpha value is -3.08. The molecule has 134 valence electrons. The molecule has 1 aromatic heterocycles. The molecule has 0 saturated heterocycles. The van der Waals surface area contributed by atoms with Crippen molar-refractivity contribution in [2.75, 3.05) is 11.9 Å². The van der Waals surface area contributed by atoms with Crippen molar-refractivity contribution in [3.63, 3.8) is 0 Å². The number of aromatic nitrogens is 2. The van der Waals surface area contributed by atoms with E-state index in [1.165, 1.54) is 0 Å². The highest BCUT2D eigenvalue weighted by Gasteiger charge is 2.09. The monoisotopic (exact) mass is 349 g/mol. The van der Waals surface area contributed by atoms with Crippen LogP contribution in [0.25, 0.3) is 0 Å². The summed E-state index contributed by atoms with van der Waals surface area (Å²) < 4.78 is 7.53. The Morgan fingerprint density at radius 2 is 1.92 bits per heavy atom. The highest BCUT2D eigenvalue weighted by atomic mass is 16.5. The summed E-state index contributed by atoms with van der Waals surface area (Å²) in [5.74, 6) is 1.42. The van der Waals surface area contributed by atoms with Crippen LogP contribution >= 0.6 is 0 Å². The second-order valence-corrected chi connectivity index (χ2v) is 6.28. The Morgan fingerprint density at radius 3 is 2.73 bits per heavy atom. The number of nitrogens with one attached hydrogen (secondary N) is 1. The first-order chi connectivity index (χ1) is 12.6. The van der Waals surface area contributed by atoms with Gasteiger partial charge in [0.25, 0.3) is 0 Å². The number of carbonyl (C=O) groups is 1. The van der Waals surface area contributed by atoms with Crippen LogP contribution in [0.5, 0.6) is 5.75 Å². The van der Waals surface area contributed by atoms with E-state index in [0.29, 0.717) is 19.0 Å². The number of nitrogens with zero attached hydrogens (tertiary/aromatic N) is 2. The lowest BCUT2D eigenvalue weighted by atomic mass is 10.1. The molecule has 1 heterocycles. The van der Waals surface area contributed by atoms with Gasteiger partial charge in [-0.15, -0.1) is 0 Å². The van der Waals surface area contributed by atoms with Crippen LogP contribution in [0.15, 0.2) is 60.8 Å². The van der Waals surface area contributed by atoms with Crippen LogP contribution in [0, 0.1) is 13.8 Å². The fourth-order valence-corrected chi connectivity index (χ4v) is 2.64. The van der Waals surface area contributed by atoms with Gasteiger partial charge in [-0.2, -0.15) is 5.10 Å². The molecule has 3 aromatic rings. The van der Waals surface area contributed by atoms with Gasteiger partial charge in [0, 0.05) is 6.07 Å². The molecule has 0 aliphatic carbocycles. The van der Waals surface area contributed by atoms with Crippen LogP contribution in [0.2, 0.25) is 0 Å². The van der Waals surface area contributed by atoms with E-state index in [0.717, 1.165) is 22.4 Å². The average molecular weight is 349 g/mol. The molecule has 3 rings (SSSR count). The SMILES string of the molecule is Cc1ccc(C)c(OCCC(=O)Nc2ccnn2Cc2ccccc2)c1. The van der Waals surface area contributed by atoms with Crippen molar-refractivity contribution < 1.29 is 9.53 Å². The third-order valence-corrected chi connectivity index (χ3v) is 4.09. The number of carbonyl (C=O) groups excluding carboxylic acids is 1. The molecule has 0 aliphatic heterocycles. The molecule has 0 radical (unpaired) electrons. The van der Waals surface area contributed by atoms with Crippen molar-refractivity contribution in [2.45, 2.75) is 26.8 Å². The van der Waals surface area contributed by atoms with Crippen LogP contribution in [-0.4, -0.2) is 22.3 Å². The van der Waals surface area contributed by atoms with E-state index in [9.17, 15) is 4.79 Å². The maximum absolute atomic E-state index is 12.2. The molecule has 0 bridgehead atoms. The van der Waals surface area contributed by atoms with Crippen molar-refractivity contribution >= 4 is 11.7 Å². The van der Waals surface area contributed by atoms with Crippen molar-refractivity contribution in [1.29, 1.82) is 0 Å². The fourth-order valence-electron chi connectivity index (χ4n) is 2.64. The molecular formula is C21H23N3O2. The number of hydrogen-bond donors (Lipinski definition) is 1. The molecule has 0 fully saturated rings. The summed E-state index contributed by atoms with van der Waals surface area (Å²) in [5.41, 5.74) is 3.33. The van der Waals surface area contributed by atoms with Crippen molar-refractivity contribution in [3.05, 3.63) is 77.5 Å². The molecule has 1 N–H and O–H groups in total. The Kier molecular flexibility index (Phi) is 5.69. The molecular weight excluding hydrogens is 326 g/mol. The van der Waals surface area contributed by atoms with Gasteiger partial charge in [0.15, 0.2) is 0 Å². The van der Waals surface area contributed by atoms with Gasteiger partial charge >= 0.3 is 0 Å². The third-order valence-electron chi connectivity index (χ3n) is 4.09. The molecule has 0 spiro atoms. The summed E-state index contributed by atoms with van der Waals surface area (Å²) in [5, 5.41) is 7.19. The predicted octanol–water partition coefficient (Wildman–Crippen LogP) is 3.96. The van der Waals surface area contributed by atoms with Gasteiger partial charge in [0.2, 0.25) is 5.91 Å². The maximum atomic E-state index is 12.2. The number of amides is 1.